The van der Waals surface area contributed by atoms with Gasteiger partial charge in [0.05, 0.1) is 0 Å². The second-order valence-corrected chi connectivity index (χ2v) is 5.02. The zero-order valence-corrected chi connectivity index (χ0v) is 12.7. The predicted octanol–water partition coefficient (Wildman–Crippen LogP) is 2.04. The number of Topliss-reactive ketones (excluding diaryl/α,β-unsaturated/α-hetero) is 1. The van der Waals surface area contributed by atoms with Gasteiger partial charge in [-0.2, -0.15) is 0 Å². The quantitative estimate of drug-likeness (QED) is 0.503. The molecule has 2 aromatic rings. The van der Waals surface area contributed by atoms with Gasteiger partial charge >= 0.3 is 5.97 Å². The van der Waals surface area contributed by atoms with Crippen LogP contribution in [0, 0.1) is 6.92 Å². The molecule has 1 amide bonds. The molecule has 0 atom stereocenters. The Bertz CT molecular complexity index is 693. The Kier molecular flexibility index (Phi) is 5.63. The van der Waals surface area contributed by atoms with Crippen molar-refractivity contribution in [3.05, 3.63) is 71.3 Å². The first-order valence-corrected chi connectivity index (χ1v) is 7.15. The molecule has 0 bridgehead atoms. The number of ether oxygens (including phenoxy) is 1. The Morgan fingerprint density at radius 3 is 2.26 bits per heavy atom. The van der Waals surface area contributed by atoms with E-state index in [0.29, 0.717) is 0 Å². The molecular weight excluding hydrogens is 294 g/mol. The third kappa shape index (κ3) is 5.07. The van der Waals surface area contributed by atoms with Crippen molar-refractivity contribution in [3.8, 4) is 0 Å². The van der Waals surface area contributed by atoms with Crippen molar-refractivity contribution in [2.24, 2.45) is 0 Å². The number of carbonyl (C=O) groups is 3. The van der Waals surface area contributed by atoms with E-state index in [9.17, 15) is 14.4 Å². The van der Waals surface area contributed by atoms with Crippen LogP contribution in [0.5, 0.6) is 0 Å². The Morgan fingerprint density at radius 1 is 0.957 bits per heavy atom. The van der Waals surface area contributed by atoms with Crippen LogP contribution in [-0.2, 0) is 20.9 Å². The number of nitrogens with one attached hydrogen (secondary N) is 1. The van der Waals surface area contributed by atoms with Crippen LogP contribution < -0.4 is 5.32 Å². The van der Waals surface area contributed by atoms with Crippen LogP contribution in [0.15, 0.2) is 54.6 Å². The summed E-state index contributed by atoms with van der Waals surface area (Å²) >= 11 is 0. The van der Waals surface area contributed by atoms with Crippen LogP contribution in [-0.4, -0.2) is 24.2 Å². The van der Waals surface area contributed by atoms with E-state index in [1.807, 2.05) is 37.3 Å². The van der Waals surface area contributed by atoms with E-state index in [1.54, 1.807) is 24.3 Å². The number of amides is 1. The Balaban J connectivity index is 1.78. The monoisotopic (exact) mass is 311 g/mol. The lowest BCUT2D eigenvalue weighted by Crippen LogP contribution is -2.35. The molecule has 0 saturated heterocycles. The van der Waals surface area contributed by atoms with Gasteiger partial charge in [0.25, 0.3) is 5.91 Å². The lowest BCUT2D eigenvalue weighted by atomic mass is 10.1. The number of aryl methyl sites for hydroxylation is 1. The minimum absolute atomic E-state index is 0.126. The summed E-state index contributed by atoms with van der Waals surface area (Å²) in [6, 6.07) is 15.8. The van der Waals surface area contributed by atoms with E-state index < -0.39 is 17.7 Å². The van der Waals surface area contributed by atoms with E-state index in [4.69, 9.17) is 4.74 Å². The molecule has 1 N–H and O–H groups in total. The van der Waals surface area contributed by atoms with Gasteiger partial charge in [-0.05, 0) is 12.5 Å². The SMILES string of the molecule is Cc1ccc(C(=O)C(=O)NCC(=O)OCc2ccccc2)cc1. The lowest BCUT2D eigenvalue weighted by Gasteiger charge is -2.06. The molecule has 0 heterocycles. The van der Waals surface area contributed by atoms with Crippen molar-refractivity contribution in [3.63, 3.8) is 0 Å². The molecule has 0 fully saturated rings. The minimum atomic E-state index is -0.828. The summed E-state index contributed by atoms with van der Waals surface area (Å²) in [6.45, 7) is 1.67. The number of rotatable bonds is 6. The maximum Gasteiger partial charge on any atom is 0.325 e. The standard InChI is InChI=1S/C18H17NO4/c1-13-7-9-15(10-8-13)17(21)18(22)19-11-16(20)23-12-14-5-3-2-4-6-14/h2-10H,11-12H2,1H3,(H,19,22). The zero-order chi connectivity index (χ0) is 16.7. The number of hydrogen-bond donors (Lipinski definition) is 1. The van der Waals surface area contributed by atoms with E-state index in [1.165, 1.54) is 0 Å². The van der Waals surface area contributed by atoms with Crippen molar-refractivity contribution in [2.45, 2.75) is 13.5 Å². The molecule has 0 spiro atoms. The molecule has 0 aliphatic rings. The average Bonchev–Trinajstić information content (AvgIpc) is 2.58. The molecule has 2 rings (SSSR count). The molecule has 118 valence electrons. The first kappa shape index (κ1) is 16.4. The molecule has 0 unspecified atom stereocenters. The van der Waals surface area contributed by atoms with Crippen molar-refractivity contribution in [1.82, 2.24) is 5.32 Å². The summed E-state index contributed by atoms with van der Waals surface area (Å²) < 4.78 is 5.01. The number of esters is 1. The highest BCUT2D eigenvalue weighted by molar-refractivity contribution is 6.43. The van der Waals surface area contributed by atoms with Crippen LogP contribution in [0.1, 0.15) is 21.5 Å². The topological polar surface area (TPSA) is 72.5 Å². The summed E-state index contributed by atoms with van der Waals surface area (Å²) in [4.78, 5) is 35.2. The molecule has 23 heavy (non-hydrogen) atoms. The van der Waals surface area contributed by atoms with Crippen molar-refractivity contribution >= 4 is 17.7 Å². The molecule has 0 aliphatic carbocycles. The highest BCUT2D eigenvalue weighted by atomic mass is 16.5. The highest BCUT2D eigenvalue weighted by Crippen LogP contribution is 2.04. The van der Waals surface area contributed by atoms with Crippen molar-refractivity contribution in [1.29, 1.82) is 0 Å². The molecule has 5 heteroatoms. The van der Waals surface area contributed by atoms with Gasteiger partial charge in [-0.15, -0.1) is 0 Å². The minimum Gasteiger partial charge on any atom is -0.460 e. The van der Waals surface area contributed by atoms with Gasteiger partial charge in [0, 0.05) is 5.56 Å². The van der Waals surface area contributed by atoms with Gasteiger partial charge in [-0.25, -0.2) is 0 Å². The van der Waals surface area contributed by atoms with Crippen LogP contribution in [0.3, 0.4) is 0 Å². The van der Waals surface area contributed by atoms with E-state index in [0.717, 1.165) is 11.1 Å². The smallest absolute Gasteiger partial charge is 0.325 e. The normalized spacial score (nSPS) is 9.96. The Morgan fingerprint density at radius 2 is 1.61 bits per heavy atom. The number of carbonyl (C=O) groups excluding carboxylic acids is 3. The van der Waals surface area contributed by atoms with Crippen LogP contribution in [0.4, 0.5) is 0 Å². The first-order chi connectivity index (χ1) is 11.1. The maximum atomic E-state index is 11.9. The van der Waals surface area contributed by atoms with Crippen LogP contribution in [0.2, 0.25) is 0 Å². The third-order valence-electron chi connectivity index (χ3n) is 3.16. The van der Waals surface area contributed by atoms with Gasteiger partial charge in [-0.3, -0.25) is 14.4 Å². The molecule has 0 aliphatic heterocycles. The van der Waals surface area contributed by atoms with Gasteiger partial charge in [0.2, 0.25) is 5.78 Å². The fraction of sp³-hybridized carbons (Fsp3) is 0.167. The molecule has 0 saturated carbocycles. The Labute approximate surface area is 134 Å². The van der Waals surface area contributed by atoms with Crippen molar-refractivity contribution < 1.29 is 19.1 Å². The van der Waals surface area contributed by atoms with Crippen molar-refractivity contribution in [2.75, 3.05) is 6.54 Å². The summed E-state index contributed by atoms with van der Waals surface area (Å²) in [7, 11) is 0. The zero-order valence-electron chi connectivity index (χ0n) is 12.7. The summed E-state index contributed by atoms with van der Waals surface area (Å²) in [5, 5.41) is 2.27. The third-order valence-corrected chi connectivity index (χ3v) is 3.16. The van der Waals surface area contributed by atoms with Gasteiger partial charge in [0.15, 0.2) is 0 Å². The molecule has 0 radical (unpaired) electrons. The van der Waals surface area contributed by atoms with Crippen LogP contribution >= 0.6 is 0 Å². The maximum absolute atomic E-state index is 11.9. The first-order valence-electron chi connectivity index (χ1n) is 7.15. The van der Waals surface area contributed by atoms with E-state index >= 15 is 0 Å². The largest absolute Gasteiger partial charge is 0.460 e. The Hall–Kier alpha value is -2.95. The molecule has 5 nitrogen and oxygen atoms in total. The summed E-state index contributed by atoms with van der Waals surface area (Å²) in [6.07, 6.45) is 0. The molecule has 2 aromatic carbocycles. The lowest BCUT2D eigenvalue weighted by molar-refractivity contribution is -0.144. The fourth-order valence-corrected chi connectivity index (χ4v) is 1.86. The molecule has 0 aromatic heterocycles. The van der Waals surface area contributed by atoms with Gasteiger partial charge < -0.3 is 10.1 Å². The summed E-state index contributed by atoms with van der Waals surface area (Å²) in [5.41, 5.74) is 2.13. The van der Waals surface area contributed by atoms with Crippen LogP contribution in [0.25, 0.3) is 0 Å². The predicted molar refractivity (Wildman–Crippen MR) is 84.8 cm³/mol. The molecular formula is C18H17NO4. The van der Waals surface area contributed by atoms with Gasteiger partial charge in [-0.1, -0.05) is 60.2 Å². The highest BCUT2D eigenvalue weighted by Gasteiger charge is 2.17. The number of benzene rings is 2. The second kappa shape index (κ2) is 7.89. The summed E-state index contributed by atoms with van der Waals surface area (Å²) in [5.74, 6) is -2.11. The van der Waals surface area contributed by atoms with E-state index in [2.05, 4.69) is 5.32 Å². The average molecular weight is 311 g/mol. The fourth-order valence-electron chi connectivity index (χ4n) is 1.86. The number of ketones is 1. The van der Waals surface area contributed by atoms with Gasteiger partial charge in [0.1, 0.15) is 13.2 Å². The number of hydrogen-bond acceptors (Lipinski definition) is 4. The second-order valence-electron chi connectivity index (χ2n) is 5.02. The van der Waals surface area contributed by atoms with E-state index in [-0.39, 0.29) is 18.7 Å².